The molecule has 0 spiro atoms. The van der Waals surface area contributed by atoms with E-state index in [0.29, 0.717) is 21.8 Å². The summed E-state index contributed by atoms with van der Waals surface area (Å²) in [5, 5.41) is 26.4. The van der Waals surface area contributed by atoms with Gasteiger partial charge in [-0.25, -0.2) is 8.42 Å². The Hall–Kier alpha value is -3.77. The van der Waals surface area contributed by atoms with Crippen LogP contribution in [-0.4, -0.2) is 30.1 Å². The van der Waals surface area contributed by atoms with E-state index in [2.05, 4.69) is 15.2 Å². The second-order valence-corrected chi connectivity index (χ2v) is 10.0. The zero-order chi connectivity index (χ0) is 24.9. The van der Waals surface area contributed by atoms with Gasteiger partial charge in [-0.2, -0.15) is 5.10 Å². The highest BCUT2D eigenvalue weighted by molar-refractivity contribution is 7.92. The predicted octanol–water partition coefficient (Wildman–Crippen LogP) is 4.75. The number of nitrogens with one attached hydrogen (secondary N) is 2. The number of sulfonamides is 1. The molecule has 0 amide bonds. The fourth-order valence-corrected chi connectivity index (χ4v) is 5.15. The molecular weight excluding hydrogens is 480 g/mol. The molecule has 0 radical (unpaired) electrons. The van der Waals surface area contributed by atoms with Crippen molar-refractivity contribution in [1.82, 2.24) is 0 Å². The minimum atomic E-state index is -4.24. The summed E-state index contributed by atoms with van der Waals surface area (Å²) in [5.41, 5.74) is 4.67. The highest BCUT2D eigenvalue weighted by atomic mass is 32.2. The summed E-state index contributed by atoms with van der Waals surface area (Å²) in [6, 6.07) is 12.1. The van der Waals surface area contributed by atoms with Crippen LogP contribution in [0.25, 0.3) is 0 Å². The van der Waals surface area contributed by atoms with E-state index in [-0.39, 0.29) is 23.4 Å². The van der Waals surface area contributed by atoms with Crippen molar-refractivity contribution < 1.29 is 23.2 Å². The third-order valence-electron chi connectivity index (χ3n) is 4.78. The number of benzene rings is 2. The monoisotopic (exact) mass is 502 g/mol. The zero-order valence-electron chi connectivity index (χ0n) is 18.3. The molecule has 1 aromatic heterocycles. The molecule has 2 aromatic carbocycles. The van der Waals surface area contributed by atoms with Crippen LogP contribution < -0.4 is 10.1 Å². The molecule has 0 atom stereocenters. The third kappa shape index (κ3) is 6.17. The number of nitro benzene ring substituents is 1. The largest absolute Gasteiger partial charge is 0.481 e. The molecule has 0 aliphatic heterocycles. The summed E-state index contributed by atoms with van der Waals surface area (Å²) in [6.45, 7) is 3.62. The van der Waals surface area contributed by atoms with Crippen molar-refractivity contribution in [3.63, 3.8) is 0 Å². The van der Waals surface area contributed by atoms with Gasteiger partial charge in [-0.15, -0.1) is 11.3 Å². The lowest BCUT2D eigenvalue weighted by Crippen LogP contribution is -2.16. The van der Waals surface area contributed by atoms with E-state index in [1.54, 1.807) is 36.6 Å². The van der Waals surface area contributed by atoms with Crippen molar-refractivity contribution >= 4 is 50.1 Å². The van der Waals surface area contributed by atoms with Crippen LogP contribution in [0.1, 0.15) is 28.8 Å². The molecule has 0 aliphatic rings. The molecule has 0 fully saturated rings. The van der Waals surface area contributed by atoms with Crippen molar-refractivity contribution in [1.29, 1.82) is 0 Å². The Morgan fingerprint density at radius 3 is 2.47 bits per heavy atom. The number of carboxylic acid groups (broad SMARTS) is 1. The SMILES string of the molecule is Cc1ccc(NS(=O)(=O)c2cc([N+](=O)[O-])ccc2N/N=C(\CCC(=O)O)c2cccs2)c(C)c1. The van der Waals surface area contributed by atoms with Gasteiger partial charge in [0.1, 0.15) is 4.90 Å². The minimum Gasteiger partial charge on any atom is -0.481 e. The Morgan fingerprint density at radius 2 is 1.85 bits per heavy atom. The summed E-state index contributed by atoms with van der Waals surface area (Å²) in [5.74, 6) is -1.000. The van der Waals surface area contributed by atoms with Gasteiger partial charge in [0.15, 0.2) is 0 Å². The van der Waals surface area contributed by atoms with Gasteiger partial charge in [-0.3, -0.25) is 25.1 Å². The lowest BCUT2D eigenvalue weighted by atomic mass is 10.1. The number of rotatable bonds is 10. The fourth-order valence-electron chi connectivity index (χ4n) is 3.10. The van der Waals surface area contributed by atoms with E-state index >= 15 is 0 Å². The van der Waals surface area contributed by atoms with Gasteiger partial charge in [0.05, 0.1) is 33.3 Å². The molecule has 3 rings (SSSR count). The Labute approximate surface area is 200 Å². The Kier molecular flexibility index (Phi) is 7.64. The number of nitrogens with zero attached hydrogens (tertiary/aromatic N) is 2. The van der Waals surface area contributed by atoms with Gasteiger partial charge in [-0.1, -0.05) is 23.8 Å². The van der Waals surface area contributed by atoms with E-state index in [1.807, 2.05) is 13.0 Å². The number of thiophene rings is 1. The maximum Gasteiger partial charge on any atom is 0.303 e. The molecule has 3 aromatic rings. The second-order valence-electron chi connectivity index (χ2n) is 7.40. The first kappa shape index (κ1) is 24.9. The smallest absolute Gasteiger partial charge is 0.303 e. The van der Waals surface area contributed by atoms with Crippen molar-refractivity contribution in [2.75, 3.05) is 10.1 Å². The number of hydrogen-bond acceptors (Lipinski definition) is 8. The van der Waals surface area contributed by atoms with E-state index in [4.69, 9.17) is 5.11 Å². The fraction of sp³-hybridized carbons (Fsp3) is 0.182. The summed E-state index contributed by atoms with van der Waals surface area (Å²) in [7, 11) is -4.24. The number of non-ortho nitro benzene ring substituents is 1. The maximum atomic E-state index is 13.2. The van der Waals surface area contributed by atoms with E-state index in [1.165, 1.54) is 17.4 Å². The normalized spacial score (nSPS) is 11.8. The first-order valence-electron chi connectivity index (χ1n) is 10.0. The summed E-state index contributed by atoms with van der Waals surface area (Å²) in [6.07, 6.45) is -0.0587. The van der Waals surface area contributed by atoms with Crippen LogP contribution in [0.15, 0.2) is 63.9 Å². The average Bonchev–Trinajstić information content (AvgIpc) is 3.30. The van der Waals surface area contributed by atoms with Gasteiger partial charge < -0.3 is 5.11 Å². The average molecular weight is 503 g/mol. The van der Waals surface area contributed by atoms with Crippen LogP contribution in [0.2, 0.25) is 0 Å². The molecule has 0 saturated heterocycles. The highest BCUT2D eigenvalue weighted by Gasteiger charge is 2.23. The van der Waals surface area contributed by atoms with Gasteiger partial charge in [0.25, 0.3) is 15.7 Å². The van der Waals surface area contributed by atoms with Gasteiger partial charge >= 0.3 is 5.97 Å². The molecule has 1 heterocycles. The molecular formula is C22H22N4O6S2. The van der Waals surface area contributed by atoms with Gasteiger partial charge in [0.2, 0.25) is 0 Å². The number of carbonyl (C=O) groups is 1. The Morgan fingerprint density at radius 1 is 1.12 bits per heavy atom. The van der Waals surface area contributed by atoms with Crippen LogP contribution in [0, 0.1) is 24.0 Å². The Balaban J connectivity index is 2.01. The van der Waals surface area contributed by atoms with E-state index in [9.17, 15) is 23.3 Å². The van der Waals surface area contributed by atoms with Crippen LogP contribution in [0.3, 0.4) is 0 Å². The molecule has 10 nitrogen and oxygen atoms in total. The summed E-state index contributed by atoms with van der Waals surface area (Å²) < 4.78 is 28.9. The molecule has 0 aliphatic carbocycles. The van der Waals surface area contributed by atoms with Crippen LogP contribution in [-0.2, 0) is 14.8 Å². The molecule has 34 heavy (non-hydrogen) atoms. The van der Waals surface area contributed by atoms with Crippen molar-refractivity contribution in [3.8, 4) is 0 Å². The predicted molar refractivity (Wildman–Crippen MR) is 131 cm³/mol. The molecule has 12 heteroatoms. The van der Waals surface area contributed by atoms with E-state index < -0.39 is 26.6 Å². The summed E-state index contributed by atoms with van der Waals surface area (Å²) >= 11 is 1.35. The first-order valence-corrected chi connectivity index (χ1v) is 12.4. The van der Waals surface area contributed by atoms with Crippen molar-refractivity contribution in [3.05, 3.63) is 80.0 Å². The van der Waals surface area contributed by atoms with Gasteiger partial charge in [0, 0.05) is 18.6 Å². The molecule has 0 bridgehead atoms. The van der Waals surface area contributed by atoms with Crippen LogP contribution in [0.5, 0.6) is 0 Å². The molecule has 178 valence electrons. The van der Waals surface area contributed by atoms with E-state index in [0.717, 1.165) is 17.7 Å². The number of carboxylic acids is 1. The number of anilines is 2. The lowest BCUT2D eigenvalue weighted by molar-refractivity contribution is -0.385. The molecule has 3 N–H and O–H groups in total. The highest BCUT2D eigenvalue weighted by Crippen LogP contribution is 2.29. The maximum absolute atomic E-state index is 13.2. The Bertz CT molecular complexity index is 1350. The summed E-state index contributed by atoms with van der Waals surface area (Å²) in [4.78, 5) is 22.0. The van der Waals surface area contributed by atoms with Crippen molar-refractivity contribution in [2.24, 2.45) is 5.10 Å². The number of hydrogen-bond donors (Lipinski definition) is 3. The number of aliphatic carboxylic acids is 1. The van der Waals surface area contributed by atoms with Crippen LogP contribution >= 0.6 is 11.3 Å². The number of hydrazone groups is 1. The van der Waals surface area contributed by atoms with Crippen molar-refractivity contribution in [2.45, 2.75) is 31.6 Å². The molecule has 0 unspecified atom stereocenters. The lowest BCUT2D eigenvalue weighted by Gasteiger charge is -2.14. The third-order valence-corrected chi connectivity index (χ3v) is 7.11. The number of aryl methyl sites for hydroxylation is 2. The number of nitro groups is 1. The topological polar surface area (TPSA) is 151 Å². The standard InChI is InChI=1S/C22H22N4O6S2/c1-14-5-7-17(15(2)12-14)25-34(31,32)21-13-16(26(29)30)6-8-19(21)24-23-18(9-10-22(27)28)20-4-3-11-33-20/h3-8,11-13,24-25H,9-10H2,1-2H3,(H,27,28)/b23-18+. The van der Waals surface area contributed by atoms with Crippen LogP contribution in [0.4, 0.5) is 17.1 Å². The van der Waals surface area contributed by atoms with Gasteiger partial charge in [-0.05, 0) is 43.0 Å². The molecule has 0 saturated carbocycles. The zero-order valence-corrected chi connectivity index (χ0v) is 19.9. The first-order chi connectivity index (χ1) is 16.1. The minimum absolute atomic E-state index is 0.00671. The second kappa shape index (κ2) is 10.4. The quantitative estimate of drug-likeness (QED) is 0.205.